The molecule has 84 valence electrons. The molecule has 1 N–H and O–H groups in total. The van der Waals surface area contributed by atoms with Gasteiger partial charge in [0.15, 0.2) is 6.10 Å². The molecule has 1 aromatic carbocycles. The lowest BCUT2D eigenvalue weighted by molar-refractivity contribution is -0.148. The molecule has 2 rings (SSSR count). The maximum atomic E-state index is 12.9. The van der Waals surface area contributed by atoms with Crippen LogP contribution in [0.25, 0.3) is 10.1 Å². The van der Waals surface area contributed by atoms with Gasteiger partial charge in [-0.2, -0.15) is 0 Å². The third-order valence-electron chi connectivity index (χ3n) is 2.31. The van der Waals surface area contributed by atoms with E-state index in [0.29, 0.717) is 5.56 Å². The predicted octanol–water partition coefficient (Wildman–Crippen LogP) is 2.81. The zero-order valence-electron chi connectivity index (χ0n) is 8.44. The van der Waals surface area contributed by atoms with Crippen molar-refractivity contribution >= 4 is 27.4 Å². The van der Waals surface area contributed by atoms with Crippen LogP contribution < -0.4 is 0 Å². The minimum atomic E-state index is -1.05. The van der Waals surface area contributed by atoms with Crippen molar-refractivity contribution in [3.63, 3.8) is 0 Å². The van der Waals surface area contributed by atoms with Gasteiger partial charge in [0.2, 0.25) is 0 Å². The molecule has 0 saturated heterocycles. The Labute approximate surface area is 95.1 Å². The summed E-state index contributed by atoms with van der Waals surface area (Å²) in [5.74, 6) is -1.38. The highest BCUT2D eigenvalue weighted by Gasteiger charge is 2.22. The summed E-state index contributed by atoms with van der Waals surface area (Å²) in [6.45, 7) is 0. The molecule has 0 bridgehead atoms. The molecule has 3 nitrogen and oxygen atoms in total. The average Bonchev–Trinajstić information content (AvgIpc) is 2.62. The first-order chi connectivity index (χ1) is 7.63. The summed E-state index contributed by atoms with van der Waals surface area (Å²) in [5.41, 5.74) is 0.565. The van der Waals surface area contributed by atoms with Crippen LogP contribution in [0.15, 0.2) is 23.6 Å². The first-order valence-electron chi connectivity index (χ1n) is 4.55. The fraction of sp³-hybridized carbons (Fsp3) is 0.182. The molecule has 0 aliphatic heterocycles. The van der Waals surface area contributed by atoms with Crippen molar-refractivity contribution in [2.75, 3.05) is 7.11 Å². The normalized spacial score (nSPS) is 12.9. The molecule has 0 saturated carbocycles. The van der Waals surface area contributed by atoms with Crippen LogP contribution in [0, 0.1) is 5.82 Å². The van der Waals surface area contributed by atoms with Crippen molar-refractivity contribution in [2.45, 2.75) is 6.10 Å². The third kappa shape index (κ3) is 1.79. The standard InChI is InChI=1S/C11H9FO3S/c1-15-10(11(13)14)8-5-16-9-4-6(12)2-3-7(8)9/h2-5,10H,1H3,(H,13,14). The van der Waals surface area contributed by atoms with Crippen molar-refractivity contribution in [2.24, 2.45) is 0 Å². The van der Waals surface area contributed by atoms with Crippen LogP contribution in [-0.4, -0.2) is 18.2 Å². The Morgan fingerprint density at radius 1 is 1.56 bits per heavy atom. The van der Waals surface area contributed by atoms with Crippen LogP contribution in [0.3, 0.4) is 0 Å². The van der Waals surface area contributed by atoms with Crippen LogP contribution in [-0.2, 0) is 9.53 Å². The van der Waals surface area contributed by atoms with E-state index >= 15 is 0 Å². The lowest BCUT2D eigenvalue weighted by Gasteiger charge is -2.08. The number of benzene rings is 1. The lowest BCUT2D eigenvalue weighted by atomic mass is 10.1. The van der Waals surface area contributed by atoms with Gasteiger partial charge in [-0.1, -0.05) is 6.07 Å². The molecule has 0 aliphatic carbocycles. The number of ether oxygens (including phenoxy) is 1. The second kappa shape index (κ2) is 4.19. The number of rotatable bonds is 3. The molecule has 0 fully saturated rings. The molecule has 2 aromatic rings. The lowest BCUT2D eigenvalue weighted by Crippen LogP contribution is -2.12. The van der Waals surface area contributed by atoms with E-state index in [1.54, 1.807) is 11.4 Å². The summed E-state index contributed by atoms with van der Waals surface area (Å²) < 4.78 is 18.6. The molecule has 1 atom stereocenters. The van der Waals surface area contributed by atoms with Crippen molar-refractivity contribution in [1.82, 2.24) is 0 Å². The number of hydrogen-bond donors (Lipinski definition) is 1. The number of carbonyl (C=O) groups is 1. The number of aliphatic carboxylic acids is 1. The van der Waals surface area contributed by atoms with Crippen molar-refractivity contribution in [3.8, 4) is 0 Å². The van der Waals surface area contributed by atoms with Crippen LogP contribution in [0.2, 0.25) is 0 Å². The molecule has 1 heterocycles. The van der Waals surface area contributed by atoms with E-state index in [2.05, 4.69) is 0 Å². The zero-order chi connectivity index (χ0) is 11.7. The molecule has 5 heteroatoms. The Bertz CT molecular complexity index is 535. The molecular formula is C11H9FO3S. The topological polar surface area (TPSA) is 46.5 Å². The molecule has 1 aromatic heterocycles. The van der Waals surface area contributed by atoms with Gasteiger partial charge in [-0.05, 0) is 22.9 Å². The molecule has 16 heavy (non-hydrogen) atoms. The molecule has 0 amide bonds. The number of carboxylic acids is 1. The van der Waals surface area contributed by atoms with Crippen molar-refractivity contribution < 1.29 is 19.0 Å². The number of carboxylic acid groups (broad SMARTS) is 1. The largest absolute Gasteiger partial charge is 0.479 e. The fourth-order valence-corrected chi connectivity index (χ4v) is 2.58. The summed E-state index contributed by atoms with van der Waals surface area (Å²) in [5, 5.41) is 11.4. The smallest absolute Gasteiger partial charge is 0.337 e. The second-order valence-electron chi connectivity index (χ2n) is 3.29. The third-order valence-corrected chi connectivity index (χ3v) is 3.27. The fourth-order valence-electron chi connectivity index (χ4n) is 1.59. The van der Waals surface area contributed by atoms with E-state index in [1.165, 1.54) is 30.6 Å². The number of hydrogen-bond acceptors (Lipinski definition) is 3. The Balaban J connectivity index is 2.57. The molecule has 0 aliphatic rings. The molecule has 0 radical (unpaired) electrons. The number of halogens is 1. The van der Waals surface area contributed by atoms with Gasteiger partial charge >= 0.3 is 5.97 Å². The average molecular weight is 240 g/mol. The first-order valence-corrected chi connectivity index (χ1v) is 5.43. The van der Waals surface area contributed by atoms with Crippen LogP contribution in [0.5, 0.6) is 0 Å². The van der Waals surface area contributed by atoms with Gasteiger partial charge in [0.1, 0.15) is 5.82 Å². The predicted molar refractivity (Wildman–Crippen MR) is 59.2 cm³/mol. The highest BCUT2D eigenvalue weighted by atomic mass is 32.1. The van der Waals surface area contributed by atoms with Crippen molar-refractivity contribution in [1.29, 1.82) is 0 Å². The van der Waals surface area contributed by atoms with Gasteiger partial charge < -0.3 is 9.84 Å². The summed E-state index contributed by atoms with van der Waals surface area (Å²) in [7, 11) is 1.34. The van der Waals surface area contributed by atoms with Gasteiger partial charge in [0.25, 0.3) is 0 Å². The molecule has 1 unspecified atom stereocenters. The van der Waals surface area contributed by atoms with Crippen LogP contribution >= 0.6 is 11.3 Å². The SMILES string of the molecule is COC(C(=O)O)c1csc2cc(F)ccc12. The van der Waals surface area contributed by atoms with Crippen LogP contribution in [0.4, 0.5) is 4.39 Å². The second-order valence-corrected chi connectivity index (χ2v) is 4.20. The maximum Gasteiger partial charge on any atom is 0.337 e. The van der Waals surface area contributed by atoms with Gasteiger partial charge in [0.05, 0.1) is 0 Å². The summed E-state index contributed by atoms with van der Waals surface area (Å²) >= 11 is 1.31. The summed E-state index contributed by atoms with van der Waals surface area (Å²) in [4.78, 5) is 10.9. The first kappa shape index (κ1) is 11.0. The van der Waals surface area contributed by atoms with Gasteiger partial charge in [-0.15, -0.1) is 11.3 Å². The van der Waals surface area contributed by atoms with E-state index in [9.17, 15) is 9.18 Å². The van der Waals surface area contributed by atoms with Gasteiger partial charge in [-0.25, -0.2) is 9.18 Å². The quantitative estimate of drug-likeness (QED) is 0.897. The minimum absolute atomic E-state index is 0.329. The molecular weight excluding hydrogens is 231 g/mol. The number of thiophene rings is 1. The monoisotopic (exact) mass is 240 g/mol. The maximum absolute atomic E-state index is 12.9. The molecule has 0 spiro atoms. The number of methoxy groups -OCH3 is 1. The summed E-state index contributed by atoms with van der Waals surface area (Å²) in [6.07, 6.45) is -1.00. The Morgan fingerprint density at radius 3 is 2.94 bits per heavy atom. The van der Waals surface area contributed by atoms with Crippen LogP contribution in [0.1, 0.15) is 11.7 Å². The van der Waals surface area contributed by atoms with E-state index in [4.69, 9.17) is 9.84 Å². The van der Waals surface area contributed by atoms with Gasteiger partial charge in [0, 0.05) is 17.4 Å². The van der Waals surface area contributed by atoms with E-state index in [1.807, 2.05) is 0 Å². The number of fused-ring (bicyclic) bond motifs is 1. The zero-order valence-corrected chi connectivity index (χ0v) is 9.25. The Hall–Kier alpha value is -1.46. The highest BCUT2D eigenvalue weighted by molar-refractivity contribution is 7.17. The van der Waals surface area contributed by atoms with E-state index in [-0.39, 0.29) is 5.82 Å². The highest BCUT2D eigenvalue weighted by Crippen LogP contribution is 2.32. The Morgan fingerprint density at radius 2 is 2.31 bits per heavy atom. The van der Waals surface area contributed by atoms with Crippen molar-refractivity contribution in [3.05, 3.63) is 35.0 Å². The van der Waals surface area contributed by atoms with Gasteiger partial charge in [-0.3, -0.25) is 0 Å². The minimum Gasteiger partial charge on any atom is -0.479 e. The van der Waals surface area contributed by atoms with E-state index in [0.717, 1.165) is 10.1 Å². The van der Waals surface area contributed by atoms with E-state index < -0.39 is 12.1 Å². The Kier molecular flexibility index (Phi) is 2.89. The summed E-state index contributed by atoms with van der Waals surface area (Å²) in [6, 6.07) is 4.27.